The van der Waals surface area contributed by atoms with E-state index < -0.39 is 0 Å². The molecular weight excluding hydrogens is 289 g/mol. The molecule has 0 spiro atoms. The molecule has 1 rings (SSSR count). The molecule has 1 aromatic carbocycles. The number of rotatable bonds is 7. The van der Waals surface area contributed by atoms with Crippen LogP contribution in [0.15, 0.2) is 18.2 Å². The van der Waals surface area contributed by atoms with Crippen molar-refractivity contribution in [2.45, 2.75) is 18.7 Å². The number of amides is 1. The number of nitrogens with one attached hydrogen (secondary N) is 1. The fraction of sp³-hybridized carbons (Fsp3) is 0.462. The van der Waals surface area contributed by atoms with E-state index in [-0.39, 0.29) is 23.5 Å². The van der Waals surface area contributed by atoms with Crippen molar-refractivity contribution in [1.82, 2.24) is 5.32 Å². The molecule has 0 aliphatic heterocycles. The van der Waals surface area contributed by atoms with Crippen molar-refractivity contribution >= 4 is 29.3 Å². The number of hydrogen-bond acceptors (Lipinski definition) is 3. The quantitative estimate of drug-likeness (QED) is 0.842. The molecule has 1 atom stereocenters. The van der Waals surface area contributed by atoms with Gasteiger partial charge in [0, 0.05) is 29.5 Å². The number of halogens is 2. The van der Waals surface area contributed by atoms with Crippen LogP contribution >= 0.6 is 23.4 Å². The Bertz CT molecular complexity index is 411. The summed E-state index contributed by atoms with van der Waals surface area (Å²) in [6.45, 7) is 2.33. The van der Waals surface area contributed by atoms with E-state index in [0.29, 0.717) is 22.9 Å². The van der Waals surface area contributed by atoms with Crippen LogP contribution in [0, 0.1) is 5.82 Å². The van der Waals surface area contributed by atoms with Crippen molar-refractivity contribution in [1.29, 1.82) is 0 Å². The fourth-order valence-electron chi connectivity index (χ4n) is 1.52. The third-order valence-electron chi connectivity index (χ3n) is 2.37. The van der Waals surface area contributed by atoms with Crippen LogP contribution in [0.3, 0.4) is 0 Å². The molecule has 0 heterocycles. The lowest BCUT2D eigenvalue weighted by Crippen LogP contribution is -2.36. The third kappa shape index (κ3) is 5.80. The third-order valence-corrected chi connectivity index (χ3v) is 3.68. The molecule has 0 radical (unpaired) electrons. The maximum Gasteiger partial charge on any atom is 0.230 e. The Hall–Kier alpha value is -0.780. The van der Waals surface area contributed by atoms with Crippen LogP contribution in [0.2, 0.25) is 5.02 Å². The molecule has 0 saturated carbocycles. The average Bonchev–Trinajstić information content (AvgIpc) is 2.33. The molecule has 1 aromatic rings. The molecule has 3 nitrogen and oxygen atoms in total. The summed E-state index contributed by atoms with van der Waals surface area (Å²) in [5.41, 5.74) is 0.437. The van der Waals surface area contributed by atoms with Gasteiger partial charge in [0.25, 0.3) is 0 Å². The first-order chi connectivity index (χ1) is 9.04. The Morgan fingerprint density at radius 2 is 2.32 bits per heavy atom. The topological polar surface area (TPSA) is 38.3 Å². The summed E-state index contributed by atoms with van der Waals surface area (Å²) in [6.07, 6.45) is 0. The highest BCUT2D eigenvalue weighted by molar-refractivity contribution is 7.99. The Labute approximate surface area is 121 Å². The summed E-state index contributed by atoms with van der Waals surface area (Å²) in [5, 5.41) is 3.17. The van der Waals surface area contributed by atoms with Gasteiger partial charge in [-0.2, -0.15) is 0 Å². The maximum atomic E-state index is 13.5. The molecule has 0 aliphatic rings. The van der Waals surface area contributed by atoms with E-state index in [2.05, 4.69) is 5.32 Å². The van der Waals surface area contributed by atoms with E-state index in [9.17, 15) is 9.18 Å². The van der Waals surface area contributed by atoms with Gasteiger partial charge in [0.1, 0.15) is 5.82 Å². The van der Waals surface area contributed by atoms with Crippen LogP contribution < -0.4 is 5.32 Å². The lowest BCUT2D eigenvalue weighted by Gasteiger charge is -2.12. The predicted molar refractivity (Wildman–Crippen MR) is 77.1 cm³/mol. The molecule has 6 heteroatoms. The van der Waals surface area contributed by atoms with Crippen molar-refractivity contribution in [3.05, 3.63) is 34.6 Å². The van der Waals surface area contributed by atoms with Crippen LogP contribution in [0.1, 0.15) is 12.5 Å². The summed E-state index contributed by atoms with van der Waals surface area (Å²) in [7, 11) is 1.58. The first-order valence-electron chi connectivity index (χ1n) is 5.83. The van der Waals surface area contributed by atoms with E-state index in [1.165, 1.54) is 17.8 Å². The summed E-state index contributed by atoms with van der Waals surface area (Å²) in [6, 6.07) is 4.53. The standard InChI is InChI=1S/C13H17ClFNO2S/c1-9(6-18-2)16-13(17)8-19-7-10-11(14)4-3-5-12(10)15/h3-5,9H,6-8H2,1-2H3,(H,16,17)/t9-/m0/s1. The minimum absolute atomic E-state index is 0.0323. The van der Waals surface area contributed by atoms with E-state index in [4.69, 9.17) is 16.3 Å². The Kier molecular flexibility index (Phi) is 7.20. The molecule has 0 saturated heterocycles. The van der Waals surface area contributed by atoms with Crippen molar-refractivity contribution in [2.24, 2.45) is 0 Å². The normalized spacial score (nSPS) is 12.2. The van der Waals surface area contributed by atoms with Crippen LogP contribution in [0.25, 0.3) is 0 Å². The highest BCUT2D eigenvalue weighted by atomic mass is 35.5. The first-order valence-corrected chi connectivity index (χ1v) is 7.36. The Balaban J connectivity index is 2.36. The van der Waals surface area contributed by atoms with Gasteiger partial charge in [0.15, 0.2) is 0 Å². The van der Waals surface area contributed by atoms with E-state index in [1.807, 2.05) is 6.92 Å². The molecule has 106 valence electrons. The van der Waals surface area contributed by atoms with Gasteiger partial charge < -0.3 is 10.1 Å². The molecule has 19 heavy (non-hydrogen) atoms. The monoisotopic (exact) mass is 305 g/mol. The maximum absolute atomic E-state index is 13.5. The largest absolute Gasteiger partial charge is 0.383 e. The van der Waals surface area contributed by atoms with Crippen molar-refractivity contribution in [3.8, 4) is 0 Å². The zero-order chi connectivity index (χ0) is 14.3. The van der Waals surface area contributed by atoms with Gasteiger partial charge in [0.05, 0.1) is 12.4 Å². The number of carbonyl (C=O) groups excluding carboxylic acids is 1. The summed E-state index contributed by atoms with van der Waals surface area (Å²) in [5.74, 6) is 0.200. The van der Waals surface area contributed by atoms with Gasteiger partial charge >= 0.3 is 0 Å². The van der Waals surface area contributed by atoms with E-state index in [1.54, 1.807) is 19.2 Å². The molecular formula is C13H17ClFNO2S. The molecule has 0 unspecified atom stereocenters. The molecule has 0 bridgehead atoms. The predicted octanol–water partition coefficient (Wildman–Crippen LogP) is 2.86. The highest BCUT2D eigenvalue weighted by Crippen LogP contribution is 2.23. The number of methoxy groups -OCH3 is 1. The van der Waals surface area contributed by atoms with E-state index >= 15 is 0 Å². The van der Waals surface area contributed by atoms with Crippen LogP contribution in [-0.2, 0) is 15.3 Å². The molecule has 0 aliphatic carbocycles. The molecule has 1 N–H and O–H groups in total. The summed E-state index contributed by atoms with van der Waals surface area (Å²) in [4.78, 5) is 11.6. The second-order valence-corrected chi connectivity index (χ2v) is 5.51. The van der Waals surface area contributed by atoms with Crippen LogP contribution in [0.4, 0.5) is 4.39 Å². The number of carbonyl (C=O) groups is 1. The summed E-state index contributed by atoms with van der Waals surface area (Å²) >= 11 is 7.23. The second kappa shape index (κ2) is 8.40. The van der Waals surface area contributed by atoms with Gasteiger partial charge in [-0.25, -0.2) is 4.39 Å². The minimum Gasteiger partial charge on any atom is -0.383 e. The highest BCUT2D eigenvalue weighted by Gasteiger charge is 2.10. The smallest absolute Gasteiger partial charge is 0.230 e. The first kappa shape index (κ1) is 16.3. The second-order valence-electron chi connectivity index (χ2n) is 4.12. The molecule has 0 aromatic heterocycles. The molecule has 0 fully saturated rings. The SMILES string of the molecule is COC[C@H](C)NC(=O)CSCc1c(F)cccc1Cl. The average molecular weight is 306 g/mol. The van der Waals surface area contributed by atoms with Crippen LogP contribution in [0.5, 0.6) is 0 Å². The fourth-order valence-corrected chi connectivity index (χ4v) is 2.70. The van der Waals surface area contributed by atoms with E-state index in [0.717, 1.165) is 0 Å². The summed E-state index contributed by atoms with van der Waals surface area (Å²) < 4.78 is 18.4. The van der Waals surface area contributed by atoms with Crippen LogP contribution in [-0.4, -0.2) is 31.4 Å². The van der Waals surface area contributed by atoms with Gasteiger partial charge in [-0.3, -0.25) is 4.79 Å². The van der Waals surface area contributed by atoms with Gasteiger partial charge in [-0.15, -0.1) is 11.8 Å². The van der Waals surface area contributed by atoms with Crippen molar-refractivity contribution in [3.63, 3.8) is 0 Å². The van der Waals surface area contributed by atoms with Gasteiger partial charge in [-0.1, -0.05) is 17.7 Å². The van der Waals surface area contributed by atoms with Gasteiger partial charge in [0.2, 0.25) is 5.91 Å². The minimum atomic E-state index is -0.340. The Morgan fingerprint density at radius 1 is 1.58 bits per heavy atom. The van der Waals surface area contributed by atoms with Gasteiger partial charge in [-0.05, 0) is 19.1 Å². The van der Waals surface area contributed by atoms with Crippen molar-refractivity contribution < 1.29 is 13.9 Å². The number of thioether (sulfide) groups is 1. The lowest BCUT2D eigenvalue weighted by molar-refractivity contribution is -0.119. The Morgan fingerprint density at radius 3 is 2.95 bits per heavy atom. The number of ether oxygens (including phenoxy) is 1. The number of hydrogen-bond donors (Lipinski definition) is 1. The zero-order valence-electron chi connectivity index (χ0n) is 10.9. The number of benzene rings is 1. The zero-order valence-corrected chi connectivity index (χ0v) is 12.5. The van der Waals surface area contributed by atoms with Crippen molar-refractivity contribution in [2.75, 3.05) is 19.5 Å². The molecule has 1 amide bonds. The lowest BCUT2D eigenvalue weighted by atomic mass is 10.2.